The summed E-state index contributed by atoms with van der Waals surface area (Å²) in [4.78, 5) is 0. The van der Waals surface area contributed by atoms with Gasteiger partial charge in [-0.05, 0) is 67.6 Å². The fraction of sp³-hybridized carbons (Fsp3) is 0.929. The van der Waals surface area contributed by atoms with Crippen molar-refractivity contribution in [2.75, 3.05) is 6.54 Å². The molecule has 0 radical (unpaired) electrons. The van der Waals surface area contributed by atoms with Crippen LogP contribution in [0, 0.1) is 28.1 Å². The van der Waals surface area contributed by atoms with Crippen molar-refractivity contribution in [3.63, 3.8) is 0 Å². The Kier molecular flexibility index (Phi) is 2.43. The highest BCUT2D eigenvalue weighted by Crippen LogP contribution is 2.66. The Balaban J connectivity index is 1.68. The maximum Gasteiger partial charge on any atom is 0.185 e. The van der Waals surface area contributed by atoms with Crippen LogP contribution in [0.2, 0.25) is 0 Å². The molecule has 4 saturated carbocycles. The Morgan fingerprint density at radius 2 is 1.94 bits per heavy atom. The predicted molar refractivity (Wildman–Crippen MR) is 69.8 cm³/mol. The zero-order valence-corrected chi connectivity index (χ0v) is 10.9. The third-order valence-electron chi connectivity index (χ3n) is 5.45. The minimum atomic E-state index is 0.126. The largest absolute Gasteiger partial charge is 0.370 e. The summed E-state index contributed by atoms with van der Waals surface area (Å²) in [5.41, 5.74) is 6.59. The van der Waals surface area contributed by atoms with Gasteiger partial charge >= 0.3 is 0 Å². The van der Waals surface area contributed by atoms with Crippen LogP contribution >= 0.6 is 0 Å². The van der Waals surface area contributed by atoms with Crippen molar-refractivity contribution < 1.29 is 0 Å². The molecule has 0 spiro atoms. The molecule has 3 heteroatoms. The van der Waals surface area contributed by atoms with Gasteiger partial charge in [-0.2, -0.15) is 0 Å². The third-order valence-corrected chi connectivity index (χ3v) is 5.45. The molecule has 4 aliphatic carbocycles. The summed E-state index contributed by atoms with van der Waals surface area (Å²) in [5.74, 6) is 2.12. The second-order valence-electron chi connectivity index (χ2n) is 7.36. The van der Waals surface area contributed by atoms with Gasteiger partial charge < -0.3 is 11.1 Å². The summed E-state index contributed by atoms with van der Waals surface area (Å²) in [5, 5.41) is 10.2. The van der Waals surface area contributed by atoms with Gasteiger partial charge in [0.1, 0.15) is 0 Å². The summed E-state index contributed by atoms with van der Waals surface area (Å²) in [6.45, 7) is 3.41. The number of rotatable bonds is 3. The normalized spacial score (nSPS) is 47.1. The maximum atomic E-state index is 7.24. The zero-order chi connectivity index (χ0) is 12.1. The molecule has 4 N–H and O–H groups in total. The molecule has 4 bridgehead atoms. The molecular weight excluding hydrogens is 210 g/mol. The van der Waals surface area contributed by atoms with Gasteiger partial charge in [0.05, 0.1) is 0 Å². The smallest absolute Gasteiger partial charge is 0.185 e. The Labute approximate surface area is 104 Å². The number of guanidine groups is 1. The molecule has 96 valence electrons. The van der Waals surface area contributed by atoms with E-state index in [9.17, 15) is 0 Å². The monoisotopic (exact) mass is 235 g/mol. The average molecular weight is 235 g/mol. The van der Waals surface area contributed by atoms with E-state index in [1.54, 1.807) is 0 Å². The van der Waals surface area contributed by atoms with E-state index < -0.39 is 0 Å². The van der Waals surface area contributed by atoms with E-state index >= 15 is 0 Å². The molecule has 0 heterocycles. The standard InChI is InChI=1S/C14H25N3/c1-13-5-10-4-11(6-13)8-14(7-10,9-13)2-3-17-12(15)16/h10-11H,2-9H2,1H3,(H4,15,16,17). The van der Waals surface area contributed by atoms with Gasteiger partial charge in [0.25, 0.3) is 0 Å². The van der Waals surface area contributed by atoms with Crippen LogP contribution in [0.25, 0.3) is 0 Å². The quantitative estimate of drug-likeness (QED) is 0.520. The van der Waals surface area contributed by atoms with Crippen molar-refractivity contribution in [1.29, 1.82) is 5.41 Å². The van der Waals surface area contributed by atoms with Crippen molar-refractivity contribution >= 4 is 5.96 Å². The van der Waals surface area contributed by atoms with Crippen LogP contribution in [-0.2, 0) is 0 Å². The highest BCUT2D eigenvalue weighted by Gasteiger charge is 2.55. The highest BCUT2D eigenvalue weighted by molar-refractivity contribution is 5.74. The lowest BCUT2D eigenvalue weighted by Crippen LogP contribution is -2.51. The number of nitrogens with one attached hydrogen (secondary N) is 2. The van der Waals surface area contributed by atoms with Crippen molar-refractivity contribution in [2.24, 2.45) is 28.4 Å². The van der Waals surface area contributed by atoms with Gasteiger partial charge in [0.2, 0.25) is 0 Å². The lowest BCUT2D eigenvalue weighted by molar-refractivity contribution is -0.104. The first-order valence-corrected chi connectivity index (χ1v) is 7.07. The lowest BCUT2D eigenvalue weighted by Gasteiger charge is -2.61. The fourth-order valence-electron chi connectivity index (χ4n) is 5.68. The van der Waals surface area contributed by atoms with Gasteiger partial charge in [-0.3, -0.25) is 5.41 Å². The molecule has 3 nitrogen and oxygen atoms in total. The Bertz CT molecular complexity index is 322. The second kappa shape index (κ2) is 3.63. The summed E-state index contributed by atoms with van der Waals surface area (Å²) in [6.07, 6.45) is 9.98. The van der Waals surface area contributed by atoms with Crippen LogP contribution in [0.3, 0.4) is 0 Å². The molecule has 2 atom stereocenters. The van der Waals surface area contributed by atoms with Gasteiger partial charge in [0.15, 0.2) is 5.96 Å². The van der Waals surface area contributed by atoms with Crippen LogP contribution in [0.4, 0.5) is 0 Å². The zero-order valence-electron chi connectivity index (χ0n) is 10.9. The molecule has 0 amide bonds. The third kappa shape index (κ3) is 2.04. The van der Waals surface area contributed by atoms with Crippen molar-refractivity contribution in [2.45, 2.75) is 51.9 Å². The molecule has 17 heavy (non-hydrogen) atoms. The number of hydrogen-bond donors (Lipinski definition) is 3. The van der Waals surface area contributed by atoms with Crippen LogP contribution in [-0.4, -0.2) is 12.5 Å². The number of hydrogen-bond acceptors (Lipinski definition) is 1. The van der Waals surface area contributed by atoms with Crippen molar-refractivity contribution in [1.82, 2.24) is 5.32 Å². The SMILES string of the molecule is CC12CC3CC(C1)CC(CCNC(=N)N)(C3)C2. The Hall–Kier alpha value is -0.730. The van der Waals surface area contributed by atoms with E-state index in [0.29, 0.717) is 10.8 Å². The summed E-state index contributed by atoms with van der Waals surface area (Å²) < 4.78 is 0. The van der Waals surface area contributed by atoms with Crippen molar-refractivity contribution in [3.8, 4) is 0 Å². The van der Waals surface area contributed by atoms with E-state index in [0.717, 1.165) is 18.4 Å². The molecule has 0 aromatic carbocycles. The fourth-order valence-corrected chi connectivity index (χ4v) is 5.68. The van der Waals surface area contributed by atoms with Crippen LogP contribution < -0.4 is 11.1 Å². The van der Waals surface area contributed by atoms with E-state index in [1.165, 1.54) is 44.9 Å². The highest BCUT2D eigenvalue weighted by atomic mass is 15.0. The molecule has 4 aliphatic rings. The minimum Gasteiger partial charge on any atom is -0.370 e. The Morgan fingerprint density at radius 1 is 1.29 bits per heavy atom. The van der Waals surface area contributed by atoms with E-state index in [2.05, 4.69) is 12.2 Å². The van der Waals surface area contributed by atoms with Gasteiger partial charge in [-0.15, -0.1) is 0 Å². The van der Waals surface area contributed by atoms with E-state index in [4.69, 9.17) is 11.1 Å². The predicted octanol–water partition coefficient (Wildman–Crippen LogP) is 2.47. The maximum absolute atomic E-state index is 7.24. The molecule has 0 saturated heterocycles. The van der Waals surface area contributed by atoms with E-state index in [-0.39, 0.29) is 5.96 Å². The molecule has 4 fully saturated rings. The molecule has 0 aliphatic heterocycles. The topological polar surface area (TPSA) is 61.9 Å². The first-order chi connectivity index (χ1) is 7.99. The van der Waals surface area contributed by atoms with Crippen LogP contribution in [0.15, 0.2) is 0 Å². The summed E-state index contributed by atoms with van der Waals surface area (Å²) in [7, 11) is 0. The van der Waals surface area contributed by atoms with Crippen molar-refractivity contribution in [3.05, 3.63) is 0 Å². The second-order valence-corrected chi connectivity index (χ2v) is 7.36. The molecule has 0 aromatic heterocycles. The first-order valence-electron chi connectivity index (χ1n) is 7.07. The Morgan fingerprint density at radius 3 is 2.47 bits per heavy atom. The average Bonchev–Trinajstić information content (AvgIpc) is 2.11. The van der Waals surface area contributed by atoms with Gasteiger partial charge in [-0.1, -0.05) is 6.92 Å². The first kappa shape index (κ1) is 11.4. The summed E-state index contributed by atoms with van der Waals surface area (Å²) in [6, 6.07) is 0. The molecule has 0 aromatic rings. The molecular formula is C14H25N3. The molecule has 2 unspecified atom stereocenters. The lowest BCUT2D eigenvalue weighted by atomic mass is 9.44. The summed E-state index contributed by atoms with van der Waals surface area (Å²) >= 11 is 0. The minimum absolute atomic E-state index is 0.126. The van der Waals surface area contributed by atoms with Crippen LogP contribution in [0.1, 0.15) is 51.9 Å². The van der Waals surface area contributed by atoms with E-state index in [1.807, 2.05) is 0 Å². The number of nitrogens with two attached hydrogens (primary N) is 1. The van der Waals surface area contributed by atoms with Gasteiger partial charge in [-0.25, -0.2) is 0 Å². The van der Waals surface area contributed by atoms with Gasteiger partial charge in [0, 0.05) is 6.54 Å². The molecule has 4 rings (SSSR count). The van der Waals surface area contributed by atoms with Crippen LogP contribution in [0.5, 0.6) is 0 Å².